The molecule has 2 atom stereocenters. The number of ether oxygens (including phenoxy) is 1. The summed E-state index contributed by atoms with van der Waals surface area (Å²) in [7, 11) is 0. The van der Waals surface area contributed by atoms with Crippen LogP contribution in [0, 0.1) is 26.7 Å². The largest absolute Gasteiger partial charge is 2.00 e. The minimum atomic E-state index is 0. The number of hydrogen-bond acceptors (Lipinski definition) is 2. The molecular formula is C18H36FeO2. The summed E-state index contributed by atoms with van der Waals surface area (Å²) in [6.07, 6.45) is 14.2. The van der Waals surface area contributed by atoms with Crippen molar-refractivity contribution >= 4 is 0 Å². The molecule has 1 N–H and O–H groups in total. The summed E-state index contributed by atoms with van der Waals surface area (Å²) >= 11 is 0. The Morgan fingerprint density at radius 3 is 2.05 bits per heavy atom. The van der Waals surface area contributed by atoms with Gasteiger partial charge in [0.1, 0.15) is 0 Å². The molecule has 2 rings (SSSR count). The van der Waals surface area contributed by atoms with Crippen molar-refractivity contribution in [1.82, 2.24) is 0 Å². The molecule has 0 aliphatic heterocycles. The number of allylic oxidation sites excluding steroid dienone is 1. The van der Waals surface area contributed by atoms with Gasteiger partial charge in [0.15, 0.2) is 0 Å². The molecule has 2 nitrogen and oxygen atoms in total. The van der Waals surface area contributed by atoms with E-state index in [9.17, 15) is 0 Å². The Kier molecular flexibility index (Phi) is 22.7. The number of rotatable bonds is 6. The number of aliphatic hydroxyl groups is 1. The van der Waals surface area contributed by atoms with Crippen LogP contribution in [0.2, 0.25) is 0 Å². The van der Waals surface area contributed by atoms with Crippen LogP contribution in [0.15, 0.2) is 12.7 Å². The summed E-state index contributed by atoms with van der Waals surface area (Å²) in [6.45, 7) is 5.61. The van der Waals surface area contributed by atoms with Gasteiger partial charge in [-0.25, -0.2) is 0 Å². The zero-order valence-electron chi connectivity index (χ0n) is 14.1. The van der Waals surface area contributed by atoms with Gasteiger partial charge in [0, 0.05) is 19.8 Å². The number of aliphatic hydroxyl groups excluding tert-OH is 1. The van der Waals surface area contributed by atoms with Gasteiger partial charge in [0.2, 0.25) is 0 Å². The van der Waals surface area contributed by atoms with Gasteiger partial charge in [-0.2, -0.15) is 0 Å². The standard InChI is InChI=1S/C11H20O2.C5H10.2CH3.Fe/c1-2-10-5-3-6-11(10)9-13-8-4-7-12;1-2-4-5-3-1;;;/h2,10-12H,1,3-9H2;1-5H2;2*1H3;/q;;2*-1;+2. The fraction of sp³-hybridized carbons (Fsp3) is 0.778. The van der Waals surface area contributed by atoms with E-state index in [4.69, 9.17) is 9.84 Å². The van der Waals surface area contributed by atoms with Crippen molar-refractivity contribution in [2.24, 2.45) is 11.8 Å². The zero-order chi connectivity index (χ0) is 13.1. The fourth-order valence-electron chi connectivity index (χ4n) is 2.87. The van der Waals surface area contributed by atoms with E-state index in [0.717, 1.165) is 13.0 Å². The Bertz CT molecular complexity index is 198. The van der Waals surface area contributed by atoms with E-state index in [1.54, 1.807) is 0 Å². The van der Waals surface area contributed by atoms with Crippen molar-refractivity contribution in [1.29, 1.82) is 0 Å². The van der Waals surface area contributed by atoms with Gasteiger partial charge < -0.3 is 24.7 Å². The van der Waals surface area contributed by atoms with E-state index in [2.05, 4.69) is 12.7 Å². The smallest absolute Gasteiger partial charge is 0.396 e. The van der Waals surface area contributed by atoms with Gasteiger partial charge in [-0.3, -0.25) is 0 Å². The Hall–Kier alpha value is 0.179. The molecule has 0 heterocycles. The molecule has 0 spiro atoms. The summed E-state index contributed by atoms with van der Waals surface area (Å²) < 4.78 is 5.48. The van der Waals surface area contributed by atoms with Crippen LogP contribution in [0.4, 0.5) is 0 Å². The molecule has 2 fully saturated rings. The second-order valence-electron chi connectivity index (χ2n) is 5.51. The van der Waals surface area contributed by atoms with Crippen LogP contribution in [0.1, 0.15) is 57.8 Å². The van der Waals surface area contributed by atoms with Gasteiger partial charge in [-0.1, -0.05) is 44.6 Å². The maximum atomic E-state index is 8.56. The Labute approximate surface area is 144 Å². The van der Waals surface area contributed by atoms with Gasteiger partial charge in [0.05, 0.1) is 0 Å². The van der Waals surface area contributed by atoms with Crippen LogP contribution in [0.3, 0.4) is 0 Å². The van der Waals surface area contributed by atoms with Crippen molar-refractivity contribution < 1.29 is 26.9 Å². The molecule has 21 heavy (non-hydrogen) atoms. The SMILES string of the molecule is C1CCCC1.C=CC1CCCC1COCCCO.[CH3-].[CH3-].[Fe+2]. The molecule has 128 valence electrons. The third-order valence-corrected chi connectivity index (χ3v) is 4.05. The maximum Gasteiger partial charge on any atom is 2.00 e. The molecule has 2 aliphatic carbocycles. The van der Waals surface area contributed by atoms with Gasteiger partial charge in [0.25, 0.3) is 0 Å². The monoisotopic (exact) mass is 340 g/mol. The van der Waals surface area contributed by atoms with Crippen molar-refractivity contribution in [3.63, 3.8) is 0 Å². The van der Waals surface area contributed by atoms with Crippen molar-refractivity contribution in [3.8, 4) is 0 Å². The average Bonchev–Trinajstić information content (AvgIpc) is 3.08. The normalized spacial score (nSPS) is 22.9. The van der Waals surface area contributed by atoms with Gasteiger partial charge in [-0.05, 0) is 31.1 Å². The molecule has 0 bridgehead atoms. The Morgan fingerprint density at radius 2 is 1.57 bits per heavy atom. The van der Waals surface area contributed by atoms with Crippen molar-refractivity contribution in [3.05, 3.63) is 27.5 Å². The van der Waals surface area contributed by atoms with E-state index in [1.165, 1.54) is 51.4 Å². The molecule has 0 amide bonds. The van der Waals surface area contributed by atoms with E-state index in [1.807, 2.05) is 0 Å². The minimum absolute atomic E-state index is 0. The third kappa shape index (κ3) is 12.4. The molecule has 0 aromatic heterocycles. The molecule has 0 aromatic rings. The molecule has 0 radical (unpaired) electrons. The van der Waals surface area contributed by atoms with Crippen molar-refractivity contribution in [2.75, 3.05) is 19.8 Å². The summed E-state index contributed by atoms with van der Waals surface area (Å²) in [5.74, 6) is 1.34. The topological polar surface area (TPSA) is 29.5 Å². The van der Waals surface area contributed by atoms with Crippen LogP contribution in [-0.2, 0) is 21.8 Å². The summed E-state index contributed by atoms with van der Waals surface area (Å²) in [5, 5.41) is 8.56. The first kappa shape index (κ1) is 26.1. The first-order valence-corrected chi connectivity index (χ1v) is 7.69. The molecule has 2 saturated carbocycles. The average molecular weight is 340 g/mol. The first-order chi connectivity index (χ1) is 8.88. The van der Waals surface area contributed by atoms with Crippen LogP contribution in [-0.4, -0.2) is 24.9 Å². The summed E-state index contributed by atoms with van der Waals surface area (Å²) in [5.41, 5.74) is 0. The minimum Gasteiger partial charge on any atom is -0.396 e. The van der Waals surface area contributed by atoms with Gasteiger partial charge in [-0.15, -0.1) is 6.58 Å². The predicted molar refractivity (Wildman–Crippen MR) is 89.5 cm³/mol. The quantitative estimate of drug-likeness (QED) is 0.325. The predicted octanol–water partition coefficient (Wildman–Crippen LogP) is 4.84. The zero-order valence-corrected chi connectivity index (χ0v) is 15.2. The van der Waals surface area contributed by atoms with Crippen LogP contribution >= 0.6 is 0 Å². The number of hydrogen-bond donors (Lipinski definition) is 1. The Morgan fingerprint density at radius 1 is 1.00 bits per heavy atom. The summed E-state index contributed by atoms with van der Waals surface area (Å²) in [6, 6.07) is 0. The molecule has 0 aromatic carbocycles. The Balaban J connectivity index is -0.000000349. The van der Waals surface area contributed by atoms with Gasteiger partial charge >= 0.3 is 17.1 Å². The fourth-order valence-corrected chi connectivity index (χ4v) is 2.87. The van der Waals surface area contributed by atoms with Crippen LogP contribution in [0.5, 0.6) is 0 Å². The van der Waals surface area contributed by atoms with Crippen LogP contribution in [0.25, 0.3) is 0 Å². The van der Waals surface area contributed by atoms with E-state index in [-0.39, 0.29) is 38.5 Å². The molecule has 2 unspecified atom stereocenters. The molecule has 2 aliphatic rings. The third-order valence-electron chi connectivity index (χ3n) is 4.05. The van der Waals surface area contributed by atoms with E-state index < -0.39 is 0 Å². The summed E-state index contributed by atoms with van der Waals surface area (Å²) in [4.78, 5) is 0. The molecule has 3 heteroatoms. The molecule has 0 saturated heterocycles. The molecular weight excluding hydrogens is 304 g/mol. The van der Waals surface area contributed by atoms with Crippen LogP contribution < -0.4 is 0 Å². The van der Waals surface area contributed by atoms with E-state index in [0.29, 0.717) is 18.4 Å². The first-order valence-electron chi connectivity index (χ1n) is 7.69. The van der Waals surface area contributed by atoms with E-state index >= 15 is 0 Å². The maximum absolute atomic E-state index is 8.56. The van der Waals surface area contributed by atoms with Crippen molar-refractivity contribution in [2.45, 2.75) is 57.8 Å². The second kappa shape index (κ2) is 18.2. The second-order valence-corrected chi connectivity index (χ2v) is 5.51.